The number of carbonyl (C=O) groups is 1. The molecule has 0 atom stereocenters. The Morgan fingerprint density at radius 3 is 2.50 bits per heavy atom. The molecule has 0 N–H and O–H groups in total. The molecule has 0 bridgehead atoms. The SMILES string of the molecule is CC1CCN(C(=O)C2(c3ccc4c(c3)OCCO4)CC2)CC1. The van der Waals surface area contributed by atoms with E-state index in [4.69, 9.17) is 9.47 Å². The molecule has 4 rings (SSSR count). The molecule has 1 amide bonds. The van der Waals surface area contributed by atoms with Crippen LogP contribution in [0, 0.1) is 5.92 Å². The number of fused-ring (bicyclic) bond motifs is 1. The second-order valence-electron chi connectivity index (χ2n) is 6.92. The fourth-order valence-corrected chi connectivity index (χ4v) is 3.61. The minimum atomic E-state index is -0.295. The van der Waals surface area contributed by atoms with E-state index in [1.54, 1.807) is 0 Å². The van der Waals surface area contributed by atoms with Gasteiger partial charge in [0.15, 0.2) is 11.5 Å². The van der Waals surface area contributed by atoms with Crippen LogP contribution in [0.15, 0.2) is 18.2 Å². The van der Waals surface area contributed by atoms with Gasteiger partial charge in [-0.25, -0.2) is 0 Å². The summed E-state index contributed by atoms with van der Waals surface area (Å²) in [6.07, 6.45) is 4.17. The first-order valence-electron chi connectivity index (χ1n) is 8.38. The molecule has 2 fully saturated rings. The highest BCUT2D eigenvalue weighted by Gasteiger charge is 2.53. The van der Waals surface area contributed by atoms with E-state index in [1.165, 1.54) is 0 Å². The van der Waals surface area contributed by atoms with E-state index in [1.807, 2.05) is 18.2 Å². The van der Waals surface area contributed by atoms with Crippen LogP contribution in [0.3, 0.4) is 0 Å². The highest BCUT2D eigenvalue weighted by Crippen LogP contribution is 2.51. The van der Waals surface area contributed by atoms with Gasteiger partial charge in [0, 0.05) is 13.1 Å². The molecular formula is C18H23NO3. The van der Waals surface area contributed by atoms with Crippen LogP contribution < -0.4 is 9.47 Å². The first-order valence-corrected chi connectivity index (χ1v) is 8.38. The van der Waals surface area contributed by atoms with Gasteiger partial charge in [0.05, 0.1) is 5.41 Å². The van der Waals surface area contributed by atoms with Crippen molar-refractivity contribution < 1.29 is 14.3 Å². The molecule has 1 aromatic rings. The Morgan fingerprint density at radius 2 is 1.82 bits per heavy atom. The van der Waals surface area contributed by atoms with Crippen LogP contribution in [0.5, 0.6) is 11.5 Å². The largest absolute Gasteiger partial charge is 0.486 e. The van der Waals surface area contributed by atoms with Gasteiger partial charge < -0.3 is 14.4 Å². The molecule has 0 unspecified atom stereocenters. The molecular weight excluding hydrogens is 278 g/mol. The molecule has 0 spiro atoms. The molecule has 1 aliphatic carbocycles. The van der Waals surface area contributed by atoms with Gasteiger partial charge in [-0.05, 0) is 49.3 Å². The number of nitrogens with zero attached hydrogens (tertiary/aromatic N) is 1. The van der Waals surface area contributed by atoms with Crippen molar-refractivity contribution in [1.82, 2.24) is 4.90 Å². The highest BCUT2D eigenvalue weighted by atomic mass is 16.6. The lowest BCUT2D eigenvalue weighted by Gasteiger charge is -2.33. The van der Waals surface area contributed by atoms with E-state index in [9.17, 15) is 4.79 Å². The maximum Gasteiger partial charge on any atom is 0.233 e. The van der Waals surface area contributed by atoms with Crippen molar-refractivity contribution in [2.75, 3.05) is 26.3 Å². The lowest BCUT2D eigenvalue weighted by atomic mass is 9.91. The standard InChI is InChI=1S/C18H23NO3/c1-13-4-8-19(9-5-13)17(20)18(6-7-18)14-2-3-15-16(12-14)22-11-10-21-15/h2-3,12-13H,4-11H2,1H3. The lowest BCUT2D eigenvalue weighted by molar-refractivity contribution is -0.135. The molecule has 1 aromatic carbocycles. The average molecular weight is 301 g/mol. The van der Waals surface area contributed by atoms with E-state index < -0.39 is 0 Å². The van der Waals surface area contributed by atoms with Crippen molar-refractivity contribution in [3.63, 3.8) is 0 Å². The van der Waals surface area contributed by atoms with E-state index in [2.05, 4.69) is 11.8 Å². The van der Waals surface area contributed by atoms with Crippen molar-refractivity contribution in [1.29, 1.82) is 0 Å². The molecule has 4 heteroatoms. The maximum absolute atomic E-state index is 13.0. The summed E-state index contributed by atoms with van der Waals surface area (Å²) in [5.74, 6) is 2.64. The van der Waals surface area contributed by atoms with Crippen molar-refractivity contribution in [2.45, 2.75) is 38.0 Å². The number of ether oxygens (including phenoxy) is 2. The monoisotopic (exact) mass is 301 g/mol. The van der Waals surface area contributed by atoms with Gasteiger partial charge in [0.25, 0.3) is 0 Å². The van der Waals surface area contributed by atoms with Crippen LogP contribution in [0.4, 0.5) is 0 Å². The van der Waals surface area contributed by atoms with Gasteiger partial charge in [-0.15, -0.1) is 0 Å². The molecule has 3 aliphatic rings. The normalized spacial score (nSPS) is 23.2. The van der Waals surface area contributed by atoms with E-state index in [-0.39, 0.29) is 5.41 Å². The Balaban J connectivity index is 1.57. The minimum absolute atomic E-state index is 0.295. The van der Waals surface area contributed by atoms with Crippen LogP contribution in [0.25, 0.3) is 0 Å². The van der Waals surface area contributed by atoms with E-state index in [0.29, 0.717) is 19.1 Å². The Morgan fingerprint density at radius 1 is 1.14 bits per heavy atom. The molecule has 118 valence electrons. The summed E-state index contributed by atoms with van der Waals surface area (Å²) in [5.41, 5.74) is 0.802. The molecule has 2 heterocycles. The average Bonchev–Trinajstić information content (AvgIpc) is 3.36. The zero-order valence-corrected chi connectivity index (χ0v) is 13.1. The number of amides is 1. The van der Waals surface area contributed by atoms with Gasteiger partial charge >= 0.3 is 0 Å². The van der Waals surface area contributed by atoms with Crippen molar-refractivity contribution in [2.24, 2.45) is 5.92 Å². The third-order valence-electron chi connectivity index (χ3n) is 5.32. The number of likely N-dealkylation sites (tertiary alicyclic amines) is 1. The Hall–Kier alpha value is -1.71. The smallest absolute Gasteiger partial charge is 0.233 e. The summed E-state index contributed by atoms with van der Waals surface area (Å²) < 4.78 is 11.3. The summed E-state index contributed by atoms with van der Waals surface area (Å²) >= 11 is 0. The third kappa shape index (κ3) is 2.25. The zero-order valence-electron chi connectivity index (χ0n) is 13.1. The van der Waals surface area contributed by atoms with Crippen molar-refractivity contribution >= 4 is 5.91 Å². The van der Waals surface area contributed by atoms with Crippen molar-refractivity contribution in [3.05, 3.63) is 23.8 Å². The highest BCUT2D eigenvalue weighted by molar-refractivity contribution is 5.91. The Bertz CT molecular complexity index is 586. The van der Waals surface area contributed by atoms with Crippen LogP contribution in [0.2, 0.25) is 0 Å². The number of rotatable bonds is 2. The van der Waals surface area contributed by atoms with Crippen LogP contribution in [-0.2, 0) is 10.2 Å². The molecule has 22 heavy (non-hydrogen) atoms. The van der Waals surface area contributed by atoms with Crippen LogP contribution >= 0.6 is 0 Å². The number of hydrogen-bond donors (Lipinski definition) is 0. The summed E-state index contributed by atoms with van der Waals surface area (Å²) in [6, 6.07) is 6.02. The van der Waals surface area contributed by atoms with Gasteiger partial charge in [0.2, 0.25) is 5.91 Å². The van der Waals surface area contributed by atoms with Gasteiger partial charge in [0.1, 0.15) is 13.2 Å². The number of carbonyl (C=O) groups excluding carboxylic acids is 1. The fourth-order valence-electron chi connectivity index (χ4n) is 3.61. The summed E-state index contributed by atoms with van der Waals surface area (Å²) in [6.45, 7) is 5.28. The molecule has 1 saturated heterocycles. The summed E-state index contributed by atoms with van der Waals surface area (Å²) in [4.78, 5) is 15.1. The Labute approximate surface area is 131 Å². The second kappa shape index (κ2) is 5.18. The van der Waals surface area contributed by atoms with Crippen LogP contribution in [0.1, 0.15) is 38.2 Å². The predicted octanol–water partition coefficient (Wildman–Crippen LogP) is 2.75. The molecule has 1 saturated carbocycles. The first kappa shape index (κ1) is 13.9. The molecule has 0 aromatic heterocycles. The lowest BCUT2D eigenvalue weighted by Crippen LogP contribution is -2.43. The predicted molar refractivity (Wildman–Crippen MR) is 83.3 cm³/mol. The molecule has 0 radical (unpaired) electrons. The third-order valence-corrected chi connectivity index (χ3v) is 5.32. The summed E-state index contributed by atoms with van der Waals surface area (Å²) in [7, 11) is 0. The quantitative estimate of drug-likeness (QED) is 0.843. The topological polar surface area (TPSA) is 38.8 Å². The maximum atomic E-state index is 13.0. The van der Waals surface area contributed by atoms with Crippen LogP contribution in [-0.4, -0.2) is 37.1 Å². The Kier molecular flexibility index (Phi) is 3.28. The van der Waals surface area contributed by atoms with Gasteiger partial charge in [-0.3, -0.25) is 4.79 Å². The molecule has 4 nitrogen and oxygen atoms in total. The zero-order chi connectivity index (χ0) is 15.2. The van der Waals surface area contributed by atoms with Crippen molar-refractivity contribution in [3.8, 4) is 11.5 Å². The number of hydrogen-bond acceptors (Lipinski definition) is 3. The van der Waals surface area contributed by atoms with E-state index >= 15 is 0 Å². The fraction of sp³-hybridized carbons (Fsp3) is 0.611. The van der Waals surface area contributed by atoms with E-state index in [0.717, 1.165) is 61.8 Å². The number of benzene rings is 1. The molecule has 2 aliphatic heterocycles. The number of piperidine rings is 1. The second-order valence-corrected chi connectivity index (χ2v) is 6.92. The summed E-state index contributed by atoms with van der Waals surface area (Å²) in [5, 5.41) is 0. The minimum Gasteiger partial charge on any atom is -0.486 e. The van der Waals surface area contributed by atoms with Gasteiger partial charge in [-0.1, -0.05) is 13.0 Å². The van der Waals surface area contributed by atoms with Gasteiger partial charge in [-0.2, -0.15) is 0 Å². The first-order chi connectivity index (χ1) is 10.7.